The lowest BCUT2D eigenvalue weighted by molar-refractivity contribution is -0.122. The van der Waals surface area contributed by atoms with Crippen LogP contribution in [0.4, 0.5) is 10.5 Å². The number of anilines is 1. The molecule has 0 atom stereocenters. The van der Waals surface area contributed by atoms with Crippen LogP contribution < -0.4 is 14.8 Å². The smallest absolute Gasteiger partial charge is 0.295 e. The Hall–Kier alpha value is -2.64. The third-order valence-electron chi connectivity index (χ3n) is 4.27. The highest BCUT2D eigenvalue weighted by molar-refractivity contribution is 8.18. The van der Waals surface area contributed by atoms with Gasteiger partial charge in [-0.2, -0.15) is 0 Å². The van der Waals surface area contributed by atoms with Crippen LogP contribution in [0.2, 0.25) is 5.02 Å². The van der Waals surface area contributed by atoms with Gasteiger partial charge in [0.15, 0.2) is 11.5 Å². The van der Waals surface area contributed by atoms with Gasteiger partial charge in [-0.15, -0.1) is 0 Å². The van der Waals surface area contributed by atoms with Gasteiger partial charge in [-0.25, -0.2) is 0 Å². The van der Waals surface area contributed by atoms with Crippen molar-refractivity contribution in [1.29, 1.82) is 0 Å². The Morgan fingerprint density at radius 1 is 1.14 bits per heavy atom. The molecule has 2 amide bonds. The van der Waals surface area contributed by atoms with Crippen LogP contribution in [0.15, 0.2) is 41.3 Å². The lowest BCUT2D eigenvalue weighted by Crippen LogP contribution is -2.33. The largest absolute Gasteiger partial charge is 0.493 e. The van der Waals surface area contributed by atoms with E-state index in [9.17, 15) is 9.59 Å². The van der Waals surface area contributed by atoms with Crippen LogP contribution >= 0.6 is 23.4 Å². The quantitative estimate of drug-likeness (QED) is 0.681. The Balaban J connectivity index is 1.76. The number of rotatable bonds is 6. The number of carbonyl (C=O) groups is 2. The summed E-state index contributed by atoms with van der Waals surface area (Å²) in [5.74, 6) is 0.791. The Morgan fingerprint density at radius 3 is 2.61 bits per heavy atom. The molecule has 0 bridgehead atoms. The molecule has 1 aliphatic heterocycles. The molecule has 146 valence electrons. The third-order valence-corrected chi connectivity index (χ3v) is 5.59. The van der Waals surface area contributed by atoms with Gasteiger partial charge < -0.3 is 14.8 Å². The van der Waals surface area contributed by atoms with Crippen molar-refractivity contribution in [2.75, 3.05) is 26.2 Å². The number of halogens is 1. The first-order valence-electron chi connectivity index (χ1n) is 8.41. The van der Waals surface area contributed by atoms with E-state index in [0.29, 0.717) is 21.4 Å². The fraction of sp³-hybridized carbons (Fsp3) is 0.200. The Morgan fingerprint density at radius 2 is 1.89 bits per heavy atom. The van der Waals surface area contributed by atoms with E-state index in [1.165, 1.54) is 0 Å². The Kier molecular flexibility index (Phi) is 6.16. The predicted octanol–water partition coefficient (Wildman–Crippen LogP) is 4.77. The molecule has 1 fully saturated rings. The Bertz CT molecular complexity index is 961. The van der Waals surface area contributed by atoms with E-state index in [-0.39, 0.29) is 17.8 Å². The van der Waals surface area contributed by atoms with E-state index in [1.54, 1.807) is 44.6 Å². The van der Waals surface area contributed by atoms with Crippen molar-refractivity contribution >= 4 is 46.3 Å². The fourth-order valence-electron chi connectivity index (χ4n) is 2.69. The average Bonchev–Trinajstić information content (AvgIpc) is 2.95. The molecule has 0 aromatic heterocycles. The van der Waals surface area contributed by atoms with Crippen LogP contribution in [-0.2, 0) is 4.79 Å². The molecule has 1 heterocycles. The van der Waals surface area contributed by atoms with Crippen molar-refractivity contribution in [3.05, 3.63) is 57.5 Å². The average molecular weight is 419 g/mol. The summed E-state index contributed by atoms with van der Waals surface area (Å²) >= 11 is 7.01. The standard InChI is InChI=1S/C20H19ClN2O4S/c1-12-14(21)5-4-6-15(12)22-11-23-19(24)18(28-20(23)25)10-13-7-8-16(26-2)17(9-13)27-3/h4-10,22H,11H2,1-3H3/b18-10+. The molecule has 0 aliphatic carbocycles. The summed E-state index contributed by atoms with van der Waals surface area (Å²) in [6.07, 6.45) is 1.66. The topological polar surface area (TPSA) is 67.9 Å². The molecule has 2 aromatic rings. The number of ether oxygens (including phenoxy) is 2. The summed E-state index contributed by atoms with van der Waals surface area (Å²) in [6, 6.07) is 10.7. The molecule has 28 heavy (non-hydrogen) atoms. The second-order valence-electron chi connectivity index (χ2n) is 5.97. The van der Waals surface area contributed by atoms with Crippen LogP contribution in [0.1, 0.15) is 11.1 Å². The number of nitrogens with zero attached hydrogens (tertiary/aromatic N) is 1. The number of nitrogens with one attached hydrogen (secondary N) is 1. The highest BCUT2D eigenvalue weighted by Crippen LogP contribution is 2.34. The van der Waals surface area contributed by atoms with Crippen LogP contribution in [0, 0.1) is 6.92 Å². The van der Waals surface area contributed by atoms with E-state index in [1.807, 2.05) is 19.1 Å². The summed E-state index contributed by atoms with van der Waals surface area (Å²) in [5, 5.41) is 3.39. The fourth-order valence-corrected chi connectivity index (χ4v) is 3.71. The zero-order chi connectivity index (χ0) is 20.3. The number of thioether (sulfide) groups is 1. The number of benzene rings is 2. The van der Waals surface area contributed by atoms with Gasteiger partial charge in [0.05, 0.1) is 25.8 Å². The second kappa shape index (κ2) is 8.58. The summed E-state index contributed by atoms with van der Waals surface area (Å²) in [4.78, 5) is 26.5. The third kappa shape index (κ3) is 4.10. The first-order chi connectivity index (χ1) is 13.4. The second-order valence-corrected chi connectivity index (χ2v) is 7.37. The number of amides is 2. The summed E-state index contributed by atoms with van der Waals surface area (Å²) in [6.45, 7) is 1.94. The number of imide groups is 1. The van der Waals surface area contributed by atoms with Crippen LogP contribution in [0.3, 0.4) is 0 Å². The van der Waals surface area contributed by atoms with Crippen LogP contribution in [-0.4, -0.2) is 36.9 Å². The normalized spacial score (nSPS) is 15.3. The maximum atomic E-state index is 12.7. The molecule has 0 saturated carbocycles. The molecule has 0 unspecified atom stereocenters. The number of methoxy groups -OCH3 is 2. The van der Waals surface area contributed by atoms with E-state index in [0.717, 1.165) is 33.5 Å². The van der Waals surface area contributed by atoms with Gasteiger partial charge in [-0.05, 0) is 60.2 Å². The maximum Gasteiger partial charge on any atom is 0.295 e. The zero-order valence-corrected chi connectivity index (χ0v) is 17.2. The van der Waals surface area contributed by atoms with Crippen molar-refractivity contribution in [2.45, 2.75) is 6.92 Å². The van der Waals surface area contributed by atoms with Gasteiger partial charge in [0.1, 0.15) is 0 Å². The zero-order valence-electron chi connectivity index (χ0n) is 15.6. The molecule has 0 spiro atoms. The molecule has 1 aliphatic rings. The maximum absolute atomic E-state index is 12.7. The van der Waals surface area contributed by atoms with Crippen LogP contribution in [0.5, 0.6) is 11.5 Å². The minimum atomic E-state index is -0.350. The van der Waals surface area contributed by atoms with Crippen LogP contribution in [0.25, 0.3) is 6.08 Å². The first kappa shape index (κ1) is 20.1. The molecule has 8 heteroatoms. The minimum Gasteiger partial charge on any atom is -0.493 e. The Labute approximate surface area is 172 Å². The number of hydrogen-bond donors (Lipinski definition) is 1. The lowest BCUT2D eigenvalue weighted by Gasteiger charge is -2.16. The number of hydrogen-bond acceptors (Lipinski definition) is 6. The van der Waals surface area contributed by atoms with Crippen molar-refractivity contribution < 1.29 is 19.1 Å². The van der Waals surface area contributed by atoms with Gasteiger partial charge in [0.25, 0.3) is 11.1 Å². The van der Waals surface area contributed by atoms with E-state index in [4.69, 9.17) is 21.1 Å². The SMILES string of the molecule is COc1ccc(/C=C2/SC(=O)N(CNc3cccc(Cl)c3C)C2=O)cc1OC. The first-order valence-corrected chi connectivity index (χ1v) is 9.60. The highest BCUT2D eigenvalue weighted by atomic mass is 35.5. The van der Waals surface area contributed by atoms with Crippen molar-refractivity contribution in [2.24, 2.45) is 0 Å². The lowest BCUT2D eigenvalue weighted by atomic mass is 10.2. The number of carbonyl (C=O) groups excluding carboxylic acids is 2. The van der Waals surface area contributed by atoms with Gasteiger partial charge in [0.2, 0.25) is 0 Å². The molecule has 0 radical (unpaired) electrons. The monoisotopic (exact) mass is 418 g/mol. The summed E-state index contributed by atoms with van der Waals surface area (Å²) < 4.78 is 10.5. The molecular weight excluding hydrogens is 400 g/mol. The molecule has 3 rings (SSSR count). The highest BCUT2D eigenvalue weighted by Gasteiger charge is 2.34. The van der Waals surface area contributed by atoms with Crippen molar-refractivity contribution in [3.63, 3.8) is 0 Å². The van der Waals surface area contributed by atoms with Gasteiger partial charge in [0, 0.05) is 10.7 Å². The van der Waals surface area contributed by atoms with Gasteiger partial charge in [-0.1, -0.05) is 23.7 Å². The van der Waals surface area contributed by atoms with Crippen molar-refractivity contribution in [3.8, 4) is 11.5 Å². The van der Waals surface area contributed by atoms with Gasteiger partial charge in [-0.3, -0.25) is 14.5 Å². The van der Waals surface area contributed by atoms with Gasteiger partial charge >= 0.3 is 0 Å². The molecular formula is C20H19ClN2O4S. The summed E-state index contributed by atoms with van der Waals surface area (Å²) in [7, 11) is 3.09. The van der Waals surface area contributed by atoms with E-state index < -0.39 is 0 Å². The van der Waals surface area contributed by atoms with Crippen molar-refractivity contribution in [1.82, 2.24) is 4.90 Å². The molecule has 1 saturated heterocycles. The minimum absolute atomic E-state index is 0.0646. The molecule has 1 N–H and O–H groups in total. The predicted molar refractivity (Wildman–Crippen MR) is 112 cm³/mol. The van der Waals surface area contributed by atoms with E-state index >= 15 is 0 Å². The molecule has 2 aromatic carbocycles. The summed E-state index contributed by atoms with van der Waals surface area (Å²) in [5.41, 5.74) is 2.37. The van der Waals surface area contributed by atoms with E-state index in [2.05, 4.69) is 5.32 Å². The molecule has 6 nitrogen and oxygen atoms in total.